The minimum Gasteiger partial charge on any atom is -0.308 e. The molecule has 0 spiro atoms. The van der Waals surface area contributed by atoms with Crippen molar-refractivity contribution < 1.29 is 26.5 Å². The molecular weight excluding hydrogens is 173 g/mol. The van der Waals surface area contributed by atoms with E-state index in [9.17, 15) is 13.2 Å². The van der Waals surface area contributed by atoms with E-state index in [4.69, 9.17) is 9.11 Å². The molecule has 0 heterocycles. The summed E-state index contributed by atoms with van der Waals surface area (Å²) < 4.78 is 54.6. The Kier molecular flexibility index (Phi) is 2.96. The summed E-state index contributed by atoms with van der Waals surface area (Å²) in [5.74, 6) is -1.71. The zero-order valence-corrected chi connectivity index (χ0v) is 5.87. The van der Waals surface area contributed by atoms with Crippen LogP contribution in [0.3, 0.4) is 0 Å². The number of rotatable bonds is 2. The van der Waals surface area contributed by atoms with E-state index in [1.54, 1.807) is 0 Å². The average Bonchev–Trinajstić information content (AvgIpc) is 1.60. The Bertz CT molecular complexity index is 112. The molecule has 0 fully saturated rings. The Labute approximate surface area is 57.4 Å². The van der Waals surface area contributed by atoms with E-state index < -0.39 is 22.8 Å². The largest absolute Gasteiger partial charge is 0.402 e. The summed E-state index contributed by atoms with van der Waals surface area (Å²) in [6, 6.07) is 0. The van der Waals surface area contributed by atoms with Crippen LogP contribution < -0.4 is 0 Å². The van der Waals surface area contributed by atoms with Crippen molar-refractivity contribution in [2.75, 3.05) is 12.9 Å². The van der Waals surface area contributed by atoms with Crippen LogP contribution in [0.1, 0.15) is 0 Å². The molecule has 0 radical (unpaired) electrons. The first-order valence-corrected chi connectivity index (χ1v) is 3.79. The molecule has 7 heteroatoms. The maximum atomic E-state index is 11.4. The van der Waals surface area contributed by atoms with Crippen LogP contribution in [0.5, 0.6) is 0 Å². The number of hydrogen-bond donors (Lipinski definition) is 2. The molecule has 0 atom stereocenters. The van der Waals surface area contributed by atoms with Gasteiger partial charge < -0.3 is 9.11 Å². The van der Waals surface area contributed by atoms with Gasteiger partial charge in [-0.05, 0) is 0 Å². The highest BCUT2D eigenvalue weighted by Gasteiger charge is 2.37. The van der Waals surface area contributed by atoms with Crippen LogP contribution in [-0.2, 0) is 4.18 Å². The number of hydrogen-bond acceptors (Lipinski definition) is 3. The summed E-state index contributed by atoms with van der Waals surface area (Å²) >= 11 is 0. The lowest BCUT2D eigenvalue weighted by atomic mass is 10.8. The predicted molar refractivity (Wildman–Crippen MR) is 30.8 cm³/mol. The molecule has 3 nitrogen and oxygen atoms in total. The van der Waals surface area contributed by atoms with E-state index in [1.807, 2.05) is 0 Å². The van der Waals surface area contributed by atoms with Crippen LogP contribution in [0.15, 0.2) is 0 Å². The zero-order chi connectivity index (χ0) is 8.41. The first kappa shape index (κ1) is 10.0. The fraction of sp³-hybridized carbons (Fsp3) is 1.00. The van der Waals surface area contributed by atoms with Gasteiger partial charge in [0, 0.05) is 0 Å². The van der Waals surface area contributed by atoms with Crippen LogP contribution >= 0.6 is 10.9 Å². The molecular formula is C3H7F3O3S. The molecule has 0 aromatic heterocycles. The summed E-state index contributed by atoms with van der Waals surface area (Å²) in [5, 5.41) is 0. The van der Waals surface area contributed by atoms with Gasteiger partial charge in [-0.25, -0.2) is 0 Å². The molecule has 0 aliphatic heterocycles. The van der Waals surface area contributed by atoms with Crippen molar-refractivity contribution in [3.63, 3.8) is 0 Å². The van der Waals surface area contributed by atoms with Crippen LogP contribution in [0.25, 0.3) is 0 Å². The molecule has 0 aliphatic rings. The van der Waals surface area contributed by atoms with Crippen molar-refractivity contribution >= 4 is 10.9 Å². The third-order valence-corrected chi connectivity index (χ3v) is 1.86. The van der Waals surface area contributed by atoms with Crippen molar-refractivity contribution in [3.05, 3.63) is 0 Å². The summed E-state index contributed by atoms with van der Waals surface area (Å²) in [4.78, 5) is 0. The molecule has 64 valence electrons. The van der Waals surface area contributed by atoms with E-state index in [0.717, 1.165) is 7.11 Å². The van der Waals surface area contributed by atoms with Gasteiger partial charge in [-0.1, -0.05) is 0 Å². The standard InChI is InChI=1S/C3H7F3O3S/c1-9-10(7,8)2-3(4,5)6/h7-8H,2H2,1H3. The van der Waals surface area contributed by atoms with Gasteiger partial charge in [0.05, 0.1) is 18.0 Å². The Morgan fingerprint density at radius 1 is 1.40 bits per heavy atom. The average molecular weight is 180 g/mol. The second-order valence-corrected chi connectivity index (χ2v) is 3.37. The maximum absolute atomic E-state index is 11.4. The monoisotopic (exact) mass is 180 g/mol. The molecule has 0 saturated heterocycles. The Balaban J connectivity index is 3.89. The molecule has 10 heavy (non-hydrogen) atoms. The first-order chi connectivity index (χ1) is 4.27. The lowest BCUT2D eigenvalue weighted by Crippen LogP contribution is -2.20. The van der Waals surface area contributed by atoms with E-state index in [0.29, 0.717) is 0 Å². The van der Waals surface area contributed by atoms with Gasteiger partial charge in [-0.3, -0.25) is 4.18 Å². The lowest BCUT2D eigenvalue weighted by molar-refractivity contribution is -0.108. The highest BCUT2D eigenvalue weighted by Crippen LogP contribution is 2.43. The summed E-state index contributed by atoms with van der Waals surface area (Å²) in [5.41, 5.74) is 0. The third-order valence-electron chi connectivity index (χ3n) is 0.619. The predicted octanol–water partition coefficient (Wildman–Crippen LogP) is 1.86. The van der Waals surface area contributed by atoms with Crippen molar-refractivity contribution in [1.29, 1.82) is 0 Å². The fourth-order valence-electron chi connectivity index (χ4n) is 0.272. The van der Waals surface area contributed by atoms with E-state index in [-0.39, 0.29) is 0 Å². The second kappa shape index (κ2) is 2.95. The fourth-order valence-corrected chi connectivity index (χ4v) is 0.816. The van der Waals surface area contributed by atoms with Crippen LogP contribution in [0, 0.1) is 0 Å². The minimum absolute atomic E-state index is 0.807. The second-order valence-electron chi connectivity index (χ2n) is 1.53. The van der Waals surface area contributed by atoms with E-state index in [1.165, 1.54) is 0 Å². The van der Waals surface area contributed by atoms with Gasteiger partial charge in [0.15, 0.2) is 0 Å². The van der Waals surface area contributed by atoms with Crippen LogP contribution in [-0.4, -0.2) is 28.1 Å². The molecule has 0 amide bonds. The molecule has 0 aromatic rings. The van der Waals surface area contributed by atoms with Crippen LogP contribution in [0.2, 0.25) is 0 Å². The Morgan fingerprint density at radius 3 is 1.90 bits per heavy atom. The molecule has 0 bridgehead atoms. The van der Waals surface area contributed by atoms with Gasteiger partial charge in [-0.15, -0.1) is 0 Å². The van der Waals surface area contributed by atoms with Crippen LogP contribution in [0.4, 0.5) is 13.2 Å². The quantitative estimate of drug-likeness (QED) is 0.681. The highest BCUT2D eigenvalue weighted by molar-refractivity contribution is 8.20. The van der Waals surface area contributed by atoms with Crippen molar-refractivity contribution in [1.82, 2.24) is 0 Å². The number of alkyl halides is 3. The topological polar surface area (TPSA) is 49.7 Å². The molecule has 2 N–H and O–H groups in total. The minimum atomic E-state index is -4.60. The van der Waals surface area contributed by atoms with Crippen molar-refractivity contribution in [3.8, 4) is 0 Å². The molecule has 0 unspecified atom stereocenters. The highest BCUT2D eigenvalue weighted by atomic mass is 32.3. The third kappa shape index (κ3) is 4.86. The lowest BCUT2D eigenvalue weighted by Gasteiger charge is -2.24. The summed E-state index contributed by atoms with van der Waals surface area (Å²) in [7, 11) is -3.10. The van der Waals surface area contributed by atoms with Gasteiger partial charge >= 0.3 is 6.18 Å². The Hall–Kier alpha value is 0.0200. The van der Waals surface area contributed by atoms with E-state index in [2.05, 4.69) is 4.18 Å². The Morgan fingerprint density at radius 2 is 1.80 bits per heavy atom. The zero-order valence-electron chi connectivity index (χ0n) is 5.05. The van der Waals surface area contributed by atoms with Crippen molar-refractivity contribution in [2.45, 2.75) is 6.18 Å². The van der Waals surface area contributed by atoms with Crippen molar-refractivity contribution in [2.24, 2.45) is 0 Å². The maximum Gasteiger partial charge on any atom is 0.402 e. The smallest absolute Gasteiger partial charge is 0.308 e. The van der Waals surface area contributed by atoms with Gasteiger partial charge in [-0.2, -0.15) is 13.2 Å². The SMILES string of the molecule is COS(O)(O)CC(F)(F)F. The van der Waals surface area contributed by atoms with Gasteiger partial charge in [0.2, 0.25) is 0 Å². The number of halogens is 3. The van der Waals surface area contributed by atoms with E-state index >= 15 is 0 Å². The summed E-state index contributed by atoms with van der Waals surface area (Å²) in [6.45, 7) is 0. The van der Waals surface area contributed by atoms with Gasteiger partial charge in [0.1, 0.15) is 5.75 Å². The molecule has 0 aromatic carbocycles. The van der Waals surface area contributed by atoms with Gasteiger partial charge in [0.25, 0.3) is 0 Å². The molecule has 0 aliphatic carbocycles. The molecule has 0 saturated carbocycles. The summed E-state index contributed by atoms with van der Waals surface area (Å²) in [6.07, 6.45) is -4.60. The normalized spacial score (nSPS) is 15.4. The molecule has 0 rings (SSSR count). The first-order valence-electron chi connectivity index (χ1n) is 2.15.